The summed E-state index contributed by atoms with van der Waals surface area (Å²) < 4.78 is 0.757. The van der Waals surface area contributed by atoms with Gasteiger partial charge < -0.3 is 10.4 Å². The molecule has 0 fully saturated rings. The van der Waals surface area contributed by atoms with E-state index in [1.165, 1.54) is 0 Å². The van der Waals surface area contributed by atoms with E-state index >= 15 is 0 Å². The number of rotatable bonds is 6. The van der Waals surface area contributed by atoms with Crippen molar-refractivity contribution in [1.29, 1.82) is 0 Å². The Kier molecular flexibility index (Phi) is 5.58. The minimum Gasteiger partial charge on any atom is -0.478 e. The summed E-state index contributed by atoms with van der Waals surface area (Å²) in [5.74, 6) is 1.64. The van der Waals surface area contributed by atoms with E-state index < -0.39 is 5.97 Å². The van der Waals surface area contributed by atoms with Crippen molar-refractivity contribution in [1.82, 2.24) is 0 Å². The predicted octanol–water partition coefficient (Wildman–Crippen LogP) is 3.36. The monoisotopic (exact) mass is 295 g/mol. The van der Waals surface area contributed by atoms with Gasteiger partial charge in [-0.25, -0.2) is 4.79 Å². The second-order valence-corrected chi connectivity index (χ2v) is 4.50. The zero-order valence-corrected chi connectivity index (χ0v) is 11.0. The lowest BCUT2D eigenvalue weighted by Gasteiger charge is -2.09. The van der Waals surface area contributed by atoms with Gasteiger partial charge in [0.15, 0.2) is 0 Å². The Bertz CT molecular complexity index is 438. The van der Waals surface area contributed by atoms with E-state index in [0.717, 1.165) is 30.3 Å². The number of hydrogen-bond donors (Lipinski definition) is 2. The molecule has 1 aromatic carbocycles. The zero-order chi connectivity index (χ0) is 12.7. The molecule has 0 heterocycles. The molecule has 0 aliphatic heterocycles. The summed E-state index contributed by atoms with van der Waals surface area (Å²) in [6.45, 7) is 0.726. The van der Waals surface area contributed by atoms with Crippen molar-refractivity contribution in [3.05, 3.63) is 28.2 Å². The minimum atomic E-state index is -0.933. The van der Waals surface area contributed by atoms with Crippen molar-refractivity contribution < 1.29 is 9.90 Å². The maximum atomic E-state index is 11.0. The smallest absolute Gasteiger partial charge is 0.337 e. The number of hydrogen-bond acceptors (Lipinski definition) is 2. The van der Waals surface area contributed by atoms with Gasteiger partial charge in [-0.3, -0.25) is 0 Å². The highest BCUT2D eigenvalue weighted by Crippen LogP contribution is 2.21. The van der Waals surface area contributed by atoms with Crippen molar-refractivity contribution in [2.24, 2.45) is 0 Å². The lowest BCUT2D eigenvalue weighted by atomic mass is 10.1. The number of carboxylic acid groups (broad SMARTS) is 1. The van der Waals surface area contributed by atoms with Crippen molar-refractivity contribution in [2.45, 2.75) is 19.3 Å². The molecule has 0 radical (unpaired) electrons. The second-order valence-electron chi connectivity index (χ2n) is 3.58. The predicted molar refractivity (Wildman–Crippen MR) is 72.3 cm³/mol. The van der Waals surface area contributed by atoms with Crippen LogP contribution in [0.2, 0.25) is 0 Å². The summed E-state index contributed by atoms with van der Waals surface area (Å²) in [4.78, 5) is 11.0. The van der Waals surface area contributed by atoms with Crippen LogP contribution >= 0.6 is 15.9 Å². The molecule has 1 rings (SSSR count). The molecule has 1 aromatic rings. The first-order valence-corrected chi connectivity index (χ1v) is 6.14. The van der Waals surface area contributed by atoms with Crippen LogP contribution in [0.25, 0.3) is 0 Å². The van der Waals surface area contributed by atoms with Crippen molar-refractivity contribution >= 4 is 27.6 Å². The number of anilines is 1. The quantitative estimate of drug-likeness (QED) is 0.625. The van der Waals surface area contributed by atoms with Crippen LogP contribution in [0.5, 0.6) is 0 Å². The van der Waals surface area contributed by atoms with Gasteiger partial charge in [0, 0.05) is 23.1 Å². The Morgan fingerprint density at radius 2 is 2.24 bits per heavy atom. The van der Waals surface area contributed by atoms with Crippen LogP contribution in [0.3, 0.4) is 0 Å². The van der Waals surface area contributed by atoms with E-state index in [1.54, 1.807) is 12.1 Å². The molecule has 3 nitrogen and oxygen atoms in total. The normalized spacial score (nSPS) is 9.65. The minimum absolute atomic E-state index is 0.274. The summed E-state index contributed by atoms with van der Waals surface area (Å²) >= 11 is 3.25. The highest BCUT2D eigenvalue weighted by atomic mass is 79.9. The highest BCUT2D eigenvalue weighted by molar-refractivity contribution is 9.10. The van der Waals surface area contributed by atoms with Gasteiger partial charge >= 0.3 is 5.97 Å². The van der Waals surface area contributed by atoms with Crippen LogP contribution < -0.4 is 5.32 Å². The summed E-state index contributed by atoms with van der Waals surface area (Å²) in [5, 5.41) is 12.2. The third-order valence-corrected chi connectivity index (χ3v) is 2.77. The lowest BCUT2D eigenvalue weighted by molar-refractivity contribution is 0.0698. The number of aromatic carboxylic acids is 1. The molecule has 17 heavy (non-hydrogen) atoms. The molecule has 0 aliphatic carbocycles. The molecule has 4 heteroatoms. The Balaban J connectivity index is 2.59. The third kappa shape index (κ3) is 4.49. The Labute approximate surface area is 109 Å². The molecule has 0 saturated heterocycles. The molecule has 2 N–H and O–H groups in total. The third-order valence-electron chi connectivity index (χ3n) is 2.28. The van der Waals surface area contributed by atoms with Gasteiger partial charge in [0.1, 0.15) is 0 Å². The lowest BCUT2D eigenvalue weighted by Crippen LogP contribution is -2.07. The standard InChI is InChI=1S/C13H14BrNO2/c1-2-3-4-5-8-15-12-7-6-10(14)9-11(12)13(16)17/h1,6-7,9,15H,3-5,8H2,(H,16,17). The van der Waals surface area contributed by atoms with Gasteiger partial charge in [-0.2, -0.15) is 0 Å². The largest absolute Gasteiger partial charge is 0.478 e. The summed E-state index contributed by atoms with van der Waals surface area (Å²) in [6, 6.07) is 5.16. The second kappa shape index (κ2) is 6.97. The maximum absolute atomic E-state index is 11.0. The maximum Gasteiger partial charge on any atom is 0.337 e. The average molecular weight is 296 g/mol. The summed E-state index contributed by atoms with van der Waals surface area (Å²) in [7, 11) is 0. The van der Waals surface area contributed by atoms with Gasteiger partial charge in [0.25, 0.3) is 0 Å². The number of halogens is 1. The van der Waals surface area contributed by atoms with Crippen LogP contribution in [0.4, 0.5) is 5.69 Å². The van der Waals surface area contributed by atoms with E-state index in [2.05, 4.69) is 27.2 Å². The number of nitrogens with one attached hydrogen (secondary N) is 1. The Morgan fingerprint density at radius 1 is 1.47 bits per heavy atom. The molecule has 0 unspecified atom stereocenters. The molecular formula is C13H14BrNO2. The van der Waals surface area contributed by atoms with Crippen LogP contribution in [0.15, 0.2) is 22.7 Å². The average Bonchev–Trinajstić information content (AvgIpc) is 2.30. The van der Waals surface area contributed by atoms with Gasteiger partial charge in [0.2, 0.25) is 0 Å². The highest BCUT2D eigenvalue weighted by Gasteiger charge is 2.09. The number of benzene rings is 1. The van der Waals surface area contributed by atoms with E-state index in [0.29, 0.717) is 5.69 Å². The van der Waals surface area contributed by atoms with Crippen LogP contribution in [-0.4, -0.2) is 17.6 Å². The zero-order valence-electron chi connectivity index (χ0n) is 9.37. The molecule has 90 valence electrons. The fourth-order valence-corrected chi connectivity index (χ4v) is 1.78. The molecule has 0 amide bonds. The van der Waals surface area contributed by atoms with Gasteiger partial charge in [-0.1, -0.05) is 15.9 Å². The fraction of sp³-hybridized carbons (Fsp3) is 0.308. The first-order valence-electron chi connectivity index (χ1n) is 5.35. The fourth-order valence-electron chi connectivity index (χ4n) is 1.42. The summed E-state index contributed by atoms with van der Waals surface area (Å²) in [6.07, 6.45) is 7.78. The van der Waals surface area contributed by atoms with E-state index in [9.17, 15) is 4.79 Å². The van der Waals surface area contributed by atoms with E-state index in [-0.39, 0.29) is 5.56 Å². The van der Waals surface area contributed by atoms with E-state index in [1.807, 2.05) is 6.07 Å². The number of carboxylic acids is 1. The molecule has 0 aromatic heterocycles. The molecule has 0 bridgehead atoms. The van der Waals surface area contributed by atoms with Crippen molar-refractivity contribution in [2.75, 3.05) is 11.9 Å². The van der Waals surface area contributed by atoms with Gasteiger partial charge in [-0.05, 0) is 31.0 Å². The molecule has 0 atom stereocenters. The van der Waals surface area contributed by atoms with Crippen LogP contribution in [0.1, 0.15) is 29.6 Å². The Hall–Kier alpha value is -1.47. The topological polar surface area (TPSA) is 49.3 Å². The number of unbranched alkanes of at least 4 members (excludes halogenated alkanes) is 2. The van der Waals surface area contributed by atoms with Crippen molar-refractivity contribution in [3.8, 4) is 12.3 Å². The first-order chi connectivity index (χ1) is 8.15. The number of terminal acetylenes is 1. The first kappa shape index (κ1) is 13.6. The van der Waals surface area contributed by atoms with E-state index in [4.69, 9.17) is 11.5 Å². The SMILES string of the molecule is C#CCCCCNc1ccc(Br)cc1C(=O)O. The number of carbonyl (C=O) groups is 1. The molecule has 0 aliphatic rings. The summed E-state index contributed by atoms with van der Waals surface area (Å²) in [5.41, 5.74) is 0.915. The molecule has 0 spiro atoms. The van der Waals surface area contributed by atoms with Crippen molar-refractivity contribution in [3.63, 3.8) is 0 Å². The Morgan fingerprint density at radius 3 is 2.88 bits per heavy atom. The van der Waals surface area contributed by atoms with Crippen LogP contribution in [0, 0.1) is 12.3 Å². The van der Waals surface area contributed by atoms with Gasteiger partial charge in [0.05, 0.1) is 5.56 Å². The molecular weight excluding hydrogens is 282 g/mol. The van der Waals surface area contributed by atoms with Gasteiger partial charge in [-0.15, -0.1) is 12.3 Å². The molecule has 0 saturated carbocycles. The van der Waals surface area contributed by atoms with Crippen LogP contribution in [-0.2, 0) is 0 Å².